The first-order valence-electron chi connectivity index (χ1n) is 27.1. The van der Waals surface area contributed by atoms with Gasteiger partial charge in [-0.25, -0.2) is 13.1 Å². The normalized spacial score (nSPS) is 18.1. The van der Waals surface area contributed by atoms with E-state index in [2.05, 4.69) is 190 Å². The van der Waals surface area contributed by atoms with Crippen molar-refractivity contribution < 1.29 is 46.4 Å². The molecule has 2 fully saturated rings. The van der Waals surface area contributed by atoms with E-state index in [4.69, 9.17) is 48.2 Å². The van der Waals surface area contributed by atoms with Crippen molar-refractivity contribution in [3.05, 3.63) is 211 Å². The summed E-state index contributed by atoms with van der Waals surface area (Å²) >= 11 is -4.09. The van der Waals surface area contributed by atoms with Crippen LogP contribution in [0, 0.1) is 54.1 Å². The number of nitro benzene ring substituents is 2. The van der Waals surface area contributed by atoms with Crippen LogP contribution in [0.1, 0.15) is 146 Å². The van der Waals surface area contributed by atoms with Crippen LogP contribution in [0.3, 0.4) is 0 Å². The third kappa shape index (κ3) is 18.2. The van der Waals surface area contributed by atoms with Crippen molar-refractivity contribution in [3.63, 3.8) is 0 Å². The van der Waals surface area contributed by atoms with Crippen LogP contribution in [-0.4, -0.2) is 42.4 Å². The molecule has 0 radical (unpaired) electrons. The van der Waals surface area contributed by atoms with Gasteiger partial charge in [0.2, 0.25) is 0 Å². The molecule has 81 heavy (non-hydrogen) atoms. The zero-order valence-corrected chi connectivity index (χ0v) is 55.9. The Labute approximate surface area is 508 Å². The Balaban J connectivity index is 0.000000201. The molecule has 10 nitrogen and oxygen atoms in total. The second-order valence-electron chi connectivity index (χ2n) is 22.8. The number of nitrogens with zero attached hydrogens (tertiary/aromatic N) is 4. The van der Waals surface area contributed by atoms with Crippen LogP contribution in [0.2, 0.25) is 0 Å². The number of anilines is 2. The second kappa shape index (κ2) is 29.3. The minimum atomic E-state index is -2.05. The van der Waals surface area contributed by atoms with E-state index in [1.807, 2.05) is 27.7 Å². The minimum absolute atomic E-state index is 0.00360. The average Bonchev–Trinajstić information content (AvgIpc) is 3.90. The molecule has 6 aromatic rings. The summed E-state index contributed by atoms with van der Waals surface area (Å²) in [6.45, 7) is 37.8. The summed E-state index contributed by atoms with van der Waals surface area (Å²) in [5, 5.41) is 21.3. The van der Waals surface area contributed by atoms with E-state index in [1.54, 1.807) is 21.4 Å². The summed E-state index contributed by atoms with van der Waals surface area (Å²) in [6, 6.07) is 42.0. The van der Waals surface area contributed by atoms with Crippen LogP contribution in [0.15, 0.2) is 127 Å². The summed E-state index contributed by atoms with van der Waals surface area (Å²) in [6.07, 6.45) is 4.36. The largest absolute Gasteiger partial charge is 0.517 e. The molecular formula is C65H80Cl4N4O6Ru2-2. The molecule has 6 aromatic carbocycles. The SMILES string of the molecule is CC(C)Oc1ccc([N+](=O)[O-])cc1[CH]=[Ru]([Cl])[Cl].CC(C)Oc1ccc([N+](=O)[O-])cc1[CH]=[Ru]([Cl])[Cl].CCc1cccc(CC)c1N1[CH-]C(C)(c2ccccc2)CC1(C)C.Cc1cc(C)c(N2[CH-]C(C)(c3ccccc3)CC2(C)C)c(C)c1. The summed E-state index contributed by atoms with van der Waals surface area (Å²) in [4.78, 5) is 25.5. The summed E-state index contributed by atoms with van der Waals surface area (Å²) in [5.74, 6) is 1.12. The molecule has 2 saturated heterocycles. The summed E-state index contributed by atoms with van der Waals surface area (Å²) in [7, 11) is 23.1. The Morgan fingerprint density at radius 1 is 0.556 bits per heavy atom. The van der Waals surface area contributed by atoms with E-state index in [9.17, 15) is 20.2 Å². The van der Waals surface area contributed by atoms with Crippen molar-refractivity contribution in [2.45, 2.75) is 164 Å². The van der Waals surface area contributed by atoms with Gasteiger partial charge in [0.25, 0.3) is 0 Å². The van der Waals surface area contributed by atoms with Gasteiger partial charge in [0, 0.05) is 22.5 Å². The third-order valence-corrected chi connectivity index (χ3v) is 17.9. The Hall–Kier alpha value is -4.53. The van der Waals surface area contributed by atoms with E-state index in [-0.39, 0.29) is 45.5 Å². The smallest absolute Gasteiger partial charge is 0.0140 e. The molecule has 2 unspecified atom stereocenters. The molecule has 16 heteroatoms. The fourth-order valence-corrected chi connectivity index (χ4v) is 14.7. The van der Waals surface area contributed by atoms with Crippen molar-refractivity contribution in [2.24, 2.45) is 0 Å². The number of halogens is 4. The summed E-state index contributed by atoms with van der Waals surface area (Å²) < 4.78 is 14.3. The number of hydrogen-bond donors (Lipinski definition) is 0. The van der Waals surface area contributed by atoms with Crippen molar-refractivity contribution in [1.29, 1.82) is 0 Å². The zero-order valence-electron chi connectivity index (χ0n) is 49.4. The fourth-order valence-electron chi connectivity index (χ4n) is 11.1. The predicted molar refractivity (Wildman–Crippen MR) is 336 cm³/mol. The van der Waals surface area contributed by atoms with E-state index < -0.39 is 36.9 Å². The van der Waals surface area contributed by atoms with Crippen LogP contribution in [0.25, 0.3) is 0 Å². The van der Waals surface area contributed by atoms with Gasteiger partial charge in [-0.05, 0) is 96.4 Å². The quantitative estimate of drug-likeness (QED) is 0.0459. The maximum atomic E-state index is 10.7. The molecule has 0 amide bonds. The van der Waals surface area contributed by atoms with Crippen LogP contribution >= 0.6 is 38.8 Å². The second-order valence-corrected chi connectivity index (χ2v) is 34.3. The maximum Gasteiger partial charge on any atom is 0.0140 e. The van der Waals surface area contributed by atoms with E-state index in [0.29, 0.717) is 22.6 Å². The van der Waals surface area contributed by atoms with Crippen molar-refractivity contribution >= 4 is 70.7 Å². The number of para-hydroxylation sites is 1. The number of hydrogen-bond acceptors (Lipinski definition) is 8. The predicted octanol–water partition coefficient (Wildman–Crippen LogP) is 18.6. The standard InChI is InChI=1S/C23H30N.C22H28N.2C10H11NO3.4ClH.2Ru/c1-6-18-12-11-13-19(7-2)21(18)24-17-23(5,16-22(24,3)4)20-14-9-8-10-15-20;1-16-12-17(2)20(18(3)13-16)23-15-22(6,14-21(23,4)5)19-10-8-7-9-11-19;2*1-7(2)14-10-5-4-9(11(12)13)6-8(10)3;;;;;;/h8-15,17H,6-7,16H2,1-5H3;7-13,15H,14H2,1-6H3;2*3-7H,1-2H3;4*1H;;/q2*-1;;;;;;;2*+2/p-4. The van der Waals surface area contributed by atoms with E-state index in [1.165, 1.54) is 74.6 Å². The van der Waals surface area contributed by atoms with E-state index in [0.717, 1.165) is 25.7 Å². The molecule has 2 aliphatic rings. The van der Waals surface area contributed by atoms with Crippen LogP contribution in [0.4, 0.5) is 22.7 Å². The monoisotopic (exact) mass is 1360 g/mol. The van der Waals surface area contributed by atoms with Gasteiger partial charge in [0.05, 0.1) is 0 Å². The van der Waals surface area contributed by atoms with Crippen LogP contribution in [-0.2, 0) is 50.7 Å². The molecule has 442 valence electrons. The van der Waals surface area contributed by atoms with Crippen LogP contribution in [0.5, 0.6) is 11.5 Å². The molecule has 0 saturated carbocycles. The van der Waals surface area contributed by atoms with Gasteiger partial charge in [0.15, 0.2) is 0 Å². The molecule has 0 aromatic heterocycles. The first-order valence-corrected chi connectivity index (χ1v) is 38.1. The Kier molecular flexibility index (Phi) is 24.3. The Bertz CT molecular complexity index is 3050. The molecule has 0 bridgehead atoms. The van der Waals surface area contributed by atoms with Crippen molar-refractivity contribution in [3.8, 4) is 11.5 Å². The molecule has 2 heterocycles. The van der Waals surface area contributed by atoms with Crippen molar-refractivity contribution in [2.75, 3.05) is 9.80 Å². The summed E-state index contributed by atoms with van der Waals surface area (Å²) in [5.41, 5.74) is 14.1. The number of non-ortho nitro benzene ring substituents is 2. The van der Waals surface area contributed by atoms with Gasteiger partial charge < -0.3 is 9.80 Å². The van der Waals surface area contributed by atoms with Gasteiger partial charge in [0.1, 0.15) is 0 Å². The Morgan fingerprint density at radius 3 is 1.23 bits per heavy atom. The zero-order chi connectivity index (χ0) is 60.2. The topological polar surface area (TPSA) is 111 Å². The maximum absolute atomic E-state index is 10.7. The van der Waals surface area contributed by atoms with Gasteiger partial charge >= 0.3 is 225 Å². The average molecular weight is 1360 g/mol. The number of benzene rings is 6. The molecule has 2 atom stereocenters. The molecule has 8 rings (SSSR count). The number of aryl methyl sites for hydroxylation is 5. The number of nitro groups is 2. The van der Waals surface area contributed by atoms with Gasteiger partial charge in [-0.2, -0.15) is 0 Å². The molecule has 0 spiro atoms. The van der Waals surface area contributed by atoms with Crippen molar-refractivity contribution in [1.82, 2.24) is 0 Å². The molecule has 0 aliphatic carbocycles. The number of ether oxygens (including phenoxy) is 2. The fraction of sp³-hybridized carbons (Fsp3) is 0.385. The Morgan fingerprint density at radius 2 is 0.914 bits per heavy atom. The van der Waals surface area contributed by atoms with E-state index >= 15 is 0 Å². The van der Waals surface area contributed by atoms with Gasteiger partial charge in [-0.15, -0.1) is 10.8 Å². The number of rotatable bonds is 14. The minimum Gasteiger partial charge on any atom is -0.517 e. The van der Waals surface area contributed by atoms with Gasteiger partial charge in [-0.3, -0.25) is 0 Å². The molecular weight excluding hydrogens is 1280 g/mol. The van der Waals surface area contributed by atoms with Crippen LogP contribution < -0.4 is 19.3 Å². The third-order valence-electron chi connectivity index (χ3n) is 14.2. The van der Waals surface area contributed by atoms with Gasteiger partial charge in [-0.1, -0.05) is 135 Å². The molecule has 2 aliphatic heterocycles. The molecule has 0 N–H and O–H groups in total. The first kappa shape index (κ1) is 67.3. The first-order chi connectivity index (χ1) is 37.9.